The van der Waals surface area contributed by atoms with Gasteiger partial charge in [0.1, 0.15) is 0 Å². The van der Waals surface area contributed by atoms with Crippen molar-refractivity contribution in [1.29, 1.82) is 0 Å². The summed E-state index contributed by atoms with van der Waals surface area (Å²) in [5, 5.41) is 7.97. The van der Waals surface area contributed by atoms with Gasteiger partial charge in [-0.15, -0.1) is 0 Å². The van der Waals surface area contributed by atoms with Gasteiger partial charge in [0.15, 0.2) is 8.96 Å². The lowest BCUT2D eigenvalue weighted by Gasteiger charge is -1.97. The zero-order chi connectivity index (χ0) is 5.98. The summed E-state index contributed by atoms with van der Waals surface area (Å²) in [5.41, 5.74) is 0. The highest BCUT2D eigenvalue weighted by Crippen LogP contribution is 1.80. The summed E-state index contributed by atoms with van der Waals surface area (Å²) in [6.07, 6.45) is 3.43. The van der Waals surface area contributed by atoms with Crippen LogP contribution in [0.5, 0.6) is 0 Å². The molecule has 44 valence electrons. The molecule has 1 rings (SSSR count). The lowest BCUT2D eigenvalue weighted by molar-refractivity contribution is 0.819. The Morgan fingerprint density at radius 1 is 1.25 bits per heavy atom. The van der Waals surface area contributed by atoms with Crippen LogP contribution in [0.25, 0.3) is 0 Å². The Balaban J connectivity index is 2.77. The second-order valence-corrected chi connectivity index (χ2v) is 4.59. The molecule has 0 spiro atoms. The Hall–Kier alpha value is -0.643. The highest BCUT2D eigenvalue weighted by Gasteiger charge is 1.96. The molecule has 0 radical (unpaired) electrons. The van der Waals surface area contributed by atoms with E-state index in [0.717, 1.165) is 0 Å². The molecule has 0 unspecified atom stereocenters. The Labute approximate surface area is 50.0 Å². The van der Waals surface area contributed by atoms with Crippen LogP contribution in [0, 0.1) is 0 Å². The SMILES string of the molecule is C[SiH](C)n1nccn1. The maximum atomic E-state index is 3.98. The standard InChI is InChI=1S/C4H9N3Si/c1-8(2)7-5-3-4-6-7/h3-4,8H,1-2H3. The lowest BCUT2D eigenvalue weighted by atomic mass is 11.0. The zero-order valence-corrected chi connectivity index (χ0v) is 6.23. The van der Waals surface area contributed by atoms with Crippen LogP contribution < -0.4 is 0 Å². The second-order valence-electron chi connectivity index (χ2n) is 1.94. The molecule has 8 heavy (non-hydrogen) atoms. The third kappa shape index (κ3) is 0.948. The molecule has 0 saturated carbocycles. The van der Waals surface area contributed by atoms with E-state index >= 15 is 0 Å². The topological polar surface area (TPSA) is 30.7 Å². The third-order valence-electron chi connectivity index (χ3n) is 0.898. The van der Waals surface area contributed by atoms with Crippen LogP contribution in [0.2, 0.25) is 13.1 Å². The minimum absolute atomic E-state index is 0.785. The molecule has 1 aromatic heterocycles. The Morgan fingerprint density at radius 3 is 2.00 bits per heavy atom. The summed E-state index contributed by atoms with van der Waals surface area (Å²) >= 11 is 0. The van der Waals surface area contributed by atoms with Crippen LogP contribution in [-0.4, -0.2) is 23.6 Å². The molecule has 0 N–H and O–H groups in total. The second kappa shape index (κ2) is 2.08. The van der Waals surface area contributed by atoms with Gasteiger partial charge in [0, 0.05) is 0 Å². The lowest BCUT2D eigenvalue weighted by Crippen LogP contribution is -2.18. The van der Waals surface area contributed by atoms with Crippen molar-refractivity contribution >= 4 is 8.96 Å². The molecule has 4 heteroatoms. The number of rotatable bonds is 1. The summed E-state index contributed by atoms with van der Waals surface area (Å²) in [5.74, 6) is 0. The molecular weight excluding hydrogens is 118 g/mol. The van der Waals surface area contributed by atoms with Gasteiger partial charge in [-0.2, -0.15) is 10.2 Å². The van der Waals surface area contributed by atoms with Gasteiger partial charge in [-0.05, 0) is 0 Å². The van der Waals surface area contributed by atoms with E-state index in [9.17, 15) is 0 Å². The number of hydrogen-bond donors (Lipinski definition) is 0. The van der Waals surface area contributed by atoms with Crippen LogP contribution in [-0.2, 0) is 0 Å². The summed E-state index contributed by atoms with van der Waals surface area (Å²) in [4.78, 5) is 0. The van der Waals surface area contributed by atoms with Crippen molar-refractivity contribution in [2.75, 3.05) is 0 Å². The van der Waals surface area contributed by atoms with Crippen LogP contribution in [0.4, 0.5) is 0 Å². The van der Waals surface area contributed by atoms with Gasteiger partial charge in [-0.1, -0.05) is 13.1 Å². The van der Waals surface area contributed by atoms with Gasteiger partial charge in [0.2, 0.25) is 0 Å². The van der Waals surface area contributed by atoms with Gasteiger partial charge in [-0.25, -0.2) is 4.46 Å². The van der Waals surface area contributed by atoms with E-state index in [0.29, 0.717) is 0 Å². The molecule has 0 amide bonds. The molecule has 0 atom stereocenters. The predicted molar refractivity (Wildman–Crippen MR) is 34.3 cm³/mol. The first-order valence-electron chi connectivity index (χ1n) is 2.66. The molecule has 1 heterocycles. The first kappa shape index (κ1) is 5.49. The largest absolute Gasteiger partial charge is 0.225 e. The molecule has 0 fully saturated rings. The highest BCUT2D eigenvalue weighted by molar-refractivity contribution is 6.53. The minimum atomic E-state index is -0.785. The van der Waals surface area contributed by atoms with E-state index in [1.807, 2.05) is 0 Å². The molecule has 1 aromatic rings. The predicted octanol–water partition coefficient (Wildman–Crippen LogP) is 0.110. The molecule has 0 bridgehead atoms. The minimum Gasteiger partial charge on any atom is -0.225 e. The smallest absolute Gasteiger partial charge is 0.190 e. The monoisotopic (exact) mass is 127 g/mol. The van der Waals surface area contributed by atoms with Crippen molar-refractivity contribution in [3.8, 4) is 0 Å². The van der Waals surface area contributed by atoms with Gasteiger partial charge in [-0.3, -0.25) is 0 Å². The van der Waals surface area contributed by atoms with Gasteiger partial charge < -0.3 is 0 Å². The molecule has 0 aliphatic heterocycles. The summed E-state index contributed by atoms with van der Waals surface area (Å²) in [6.45, 7) is 4.36. The normalized spacial score (nSPS) is 10.4. The highest BCUT2D eigenvalue weighted by atomic mass is 28.3. The summed E-state index contributed by atoms with van der Waals surface area (Å²) < 4.78 is 1.81. The maximum Gasteiger partial charge on any atom is 0.190 e. The average molecular weight is 127 g/mol. The zero-order valence-electron chi connectivity index (χ0n) is 5.07. The number of nitrogens with zero attached hydrogens (tertiary/aromatic N) is 3. The molecule has 3 nitrogen and oxygen atoms in total. The Kier molecular flexibility index (Phi) is 1.43. The average Bonchev–Trinajstić information content (AvgIpc) is 2.12. The van der Waals surface area contributed by atoms with E-state index < -0.39 is 8.96 Å². The van der Waals surface area contributed by atoms with Crippen molar-refractivity contribution in [2.24, 2.45) is 0 Å². The molecule has 0 aromatic carbocycles. The quantitative estimate of drug-likeness (QED) is 0.501. The summed E-state index contributed by atoms with van der Waals surface area (Å²) in [7, 11) is -0.785. The Morgan fingerprint density at radius 2 is 1.75 bits per heavy atom. The first-order chi connectivity index (χ1) is 3.80. The van der Waals surface area contributed by atoms with Crippen molar-refractivity contribution in [2.45, 2.75) is 13.1 Å². The first-order valence-corrected chi connectivity index (χ1v) is 5.49. The van der Waals surface area contributed by atoms with Crippen molar-refractivity contribution in [3.05, 3.63) is 12.4 Å². The number of aromatic nitrogens is 3. The van der Waals surface area contributed by atoms with Crippen LogP contribution in [0.1, 0.15) is 0 Å². The van der Waals surface area contributed by atoms with E-state index in [4.69, 9.17) is 0 Å². The number of hydrogen-bond acceptors (Lipinski definition) is 2. The molecule has 0 aliphatic rings. The van der Waals surface area contributed by atoms with Crippen molar-refractivity contribution in [3.63, 3.8) is 0 Å². The summed E-state index contributed by atoms with van der Waals surface area (Å²) in [6, 6.07) is 0. The van der Waals surface area contributed by atoms with Gasteiger partial charge >= 0.3 is 0 Å². The fourth-order valence-electron chi connectivity index (χ4n) is 0.493. The molecule has 0 aliphatic carbocycles. The van der Waals surface area contributed by atoms with E-state index in [1.165, 1.54) is 0 Å². The third-order valence-corrected chi connectivity index (χ3v) is 2.09. The van der Waals surface area contributed by atoms with Gasteiger partial charge in [0.25, 0.3) is 0 Å². The molecule has 0 saturated heterocycles. The van der Waals surface area contributed by atoms with Crippen molar-refractivity contribution in [1.82, 2.24) is 14.7 Å². The van der Waals surface area contributed by atoms with E-state index in [1.54, 1.807) is 16.9 Å². The maximum absolute atomic E-state index is 3.98. The molecular formula is C4H9N3Si. The van der Waals surface area contributed by atoms with Crippen LogP contribution >= 0.6 is 0 Å². The Bertz CT molecular complexity index is 146. The van der Waals surface area contributed by atoms with Crippen LogP contribution in [0.15, 0.2) is 12.4 Å². The van der Waals surface area contributed by atoms with Gasteiger partial charge in [0.05, 0.1) is 12.4 Å². The van der Waals surface area contributed by atoms with E-state index in [-0.39, 0.29) is 0 Å². The van der Waals surface area contributed by atoms with Crippen LogP contribution in [0.3, 0.4) is 0 Å². The fraction of sp³-hybridized carbons (Fsp3) is 0.500. The van der Waals surface area contributed by atoms with E-state index in [2.05, 4.69) is 23.3 Å². The fourth-order valence-corrected chi connectivity index (χ4v) is 1.18. The van der Waals surface area contributed by atoms with Crippen molar-refractivity contribution < 1.29 is 0 Å².